The molecule has 0 amide bonds. The Hall–Kier alpha value is -0.770. The Labute approximate surface area is 69.2 Å². The van der Waals surface area contributed by atoms with Crippen molar-refractivity contribution in [1.29, 1.82) is 0 Å². The van der Waals surface area contributed by atoms with Gasteiger partial charge in [-0.15, -0.1) is 5.92 Å². The lowest BCUT2D eigenvalue weighted by atomic mass is 9.98. The summed E-state index contributed by atoms with van der Waals surface area (Å²) in [7, 11) is 0. The standard InChI is InChI=1S/C10H16O/c1-9(11)7-5-6-8-10(2,3)4/h5,7H2,1-4H3. The van der Waals surface area contributed by atoms with Crippen molar-refractivity contribution in [2.45, 2.75) is 40.5 Å². The van der Waals surface area contributed by atoms with E-state index in [9.17, 15) is 4.79 Å². The van der Waals surface area contributed by atoms with Gasteiger partial charge >= 0.3 is 0 Å². The SMILES string of the molecule is CC(=O)CCC#CC(C)(C)C. The zero-order chi connectivity index (χ0) is 8.91. The summed E-state index contributed by atoms with van der Waals surface area (Å²) in [5.74, 6) is 6.28. The van der Waals surface area contributed by atoms with Crippen molar-refractivity contribution in [3.8, 4) is 11.8 Å². The highest BCUT2D eigenvalue weighted by atomic mass is 16.1. The van der Waals surface area contributed by atoms with Crippen LogP contribution < -0.4 is 0 Å². The molecule has 62 valence electrons. The Morgan fingerprint density at radius 3 is 2.27 bits per heavy atom. The van der Waals surface area contributed by atoms with Gasteiger partial charge < -0.3 is 0 Å². The monoisotopic (exact) mass is 152 g/mol. The predicted molar refractivity (Wildman–Crippen MR) is 47.1 cm³/mol. The molecule has 0 aliphatic rings. The summed E-state index contributed by atoms with van der Waals surface area (Å²) in [5, 5.41) is 0. The van der Waals surface area contributed by atoms with Gasteiger partial charge in [-0.3, -0.25) is 4.79 Å². The summed E-state index contributed by atoms with van der Waals surface area (Å²) < 4.78 is 0. The van der Waals surface area contributed by atoms with Gasteiger partial charge in [0.25, 0.3) is 0 Å². The fourth-order valence-electron chi connectivity index (χ4n) is 0.566. The van der Waals surface area contributed by atoms with Gasteiger partial charge in [0.05, 0.1) is 0 Å². The van der Waals surface area contributed by atoms with Gasteiger partial charge in [0.1, 0.15) is 5.78 Å². The van der Waals surface area contributed by atoms with Crippen LogP contribution in [0.3, 0.4) is 0 Å². The molecule has 11 heavy (non-hydrogen) atoms. The maximum absolute atomic E-state index is 10.5. The molecule has 0 N–H and O–H groups in total. The van der Waals surface area contributed by atoms with Crippen molar-refractivity contribution in [3.05, 3.63) is 0 Å². The average Bonchev–Trinajstić information content (AvgIpc) is 1.78. The summed E-state index contributed by atoms with van der Waals surface area (Å²) in [4.78, 5) is 10.5. The molecule has 0 saturated carbocycles. The molecule has 0 heterocycles. The van der Waals surface area contributed by atoms with Gasteiger partial charge in [0.2, 0.25) is 0 Å². The molecule has 0 rings (SSSR count). The van der Waals surface area contributed by atoms with Crippen molar-refractivity contribution in [3.63, 3.8) is 0 Å². The molecule has 0 bridgehead atoms. The normalized spacial score (nSPS) is 10.2. The zero-order valence-electron chi connectivity index (χ0n) is 7.82. The summed E-state index contributed by atoms with van der Waals surface area (Å²) in [6, 6.07) is 0. The maximum atomic E-state index is 10.5. The second-order valence-electron chi connectivity index (χ2n) is 3.75. The third kappa shape index (κ3) is 9.23. The topological polar surface area (TPSA) is 17.1 Å². The van der Waals surface area contributed by atoms with Gasteiger partial charge in [-0.2, -0.15) is 0 Å². The van der Waals surface area contributed by atoms with E-state index in [1.54, 1.807) is 6.92 Å². The first-order valence-corrected chi connectivity index (χ1v) is 3.91. The van der Waals surface area contributed by atoms with Crippen molar-refractivity contribution in [2.24, 2.45) is 5.41 Å². The first kappa shape index (κ1) is 10.2. The molecule has 0 spiro atoms. The molecule has 1 nitrogen and oxygen atoms in total. The Kier molecular flexibility index (Phi) is 3.89. The summed E-state index contributed by atoms with van der Waals surface area (Å²) in [6.07, 6.45) is 1.29. The molecular weight excluding hydrogens is 136 g/mol. The van der Waals surface area contributed by atoms with Crippen LogP contribution in [0.1, 0.15) is 40.5 Å². The highest BCUT2D eigenvalue weighted by Crippen LogP contribution is 2.09. The molecule has 0 aliphatic carbocycles. The molecule has 0 aliphatic heterocycles. The maximum Gasteiger partial charge on any atom is 0.130 e. The number of Topliss-reactive ketones (excluding diaryl/α,β-unsaturated/α-hetero) is 1. The van der Waals surface area contributed by atoms with E-state index < -0.39 is 0 Å². The third-order valence-corrected chi connectivity index (χ3v) is 1.07. The Bertz CT molecular complexity index is 185. The van der Waals surface area contributed by atoms with E-state index in [2.05, 4.69) is 32.6 Å². The average molecular weight is 152 g/mol. The van der Waals surface area contributed by atoms with Crippen LogP contribution >= 0.6 is 0 Å². The van der Waals surface area contributed by atoms with Gasteiger partial charge in [-0.25, -0.2) is 0 Å². The van der Waals surface area contributed by atoms with E-state index in [0.717, 1.165) is 0 Å². The second kappa shape index (κ2) is 4.18. The van der Waals surface area contributed by atoms with Crippen LogP contribution in [0, 0.1) is 17.3 Å². The molecule has 0 aromatic rings. The fourth-order valence-corrected chi connectivity index (χ4v) is 0.566. The minimum Gasteiger partial charge on any atom is -0.300 e. The largest absolute Gasteiger partial charge is 0.300 e. The number of carbonyl (C=O) groups excluding carboxylic acids is 1. The van der Waals surface area contributed by atoms with Crippen molar-refractivity contribution in [1.82, 2.24) is 0 Å². The number of hydrogen-bond acceptors (Lipinski definition) is 1. The Morgan fingerprint density at radius 2 is 1.91 bits per heavy atom. The lowest BCUT2D eigenvalue weighted by Crippen LogP contribution is -1.99. The third-order valence-electron chi connectivity index (χ3n) is 1.07. The van der Waals surface area contributed by atoms with E-state index in [1.165, 1.54) is 0 Å². The zero-order valence-corrected chi connectivity index (χ0v) is 7.82. The number of carbonyl (C=O) groups is 1. The number of hydrogen-bond donors (Lipinski definition) is 0. The smallest absolute Gasteiger partial charge is 0.130 e. The summed E-state index contributed by atoms with van der Waals surface area (Å²) in [6.45, 7) is 7.79. The van der Waals surface area contributed by atoms with Crippen LogP contribution in [0.2, 0.25) is 0 Å². The lowest BCUT2D eigenvalue weighted by molar-refractivity contribution is -0.116. The summed E-state index contributed by atoms with van der Waals surface area (Å²) >= 11 is 0. The van der Waals surface area contributed by atoms with Gasteiger partial charge in [-0.05, 0) is 27.7 Å². The molecule has 0 atom stereocenters. The first-order chi connectivity index (χ1) is 4.92. The minimum absolute atomic E-state index is 0.0663. The quantitative estimate of drug-likeness (QED) is 0.555. The van der Waals surface area contributed by atoms with Crippen LogP contribution in [-0.4, -0.2) is 5.78 Å². The molecule has 0 fully saturated rings. The van der Waals surface area contributed by atoms with E-state index in [1.807, 2.05) is 0 Å². The molecule has 0 aromatic carbocycles. The highest BCUT2D eigenvalue weighted by Gasteiger charge is 2.02. The van der Waals surface area contributed by atoms with E-state index >= 15 is 0 Å². The van der Waals surface area contributed by atoms with Crippen LogP contribution in [0.15, 0.2) is 0 Å². The lowest BCUT2D eigenvalue weighted by Gasteiger charge is -2.06. The van der Waals surface area contributed by atoms with Crippen molar-refractivity contribution in [2.75, 3.05) is 0 Å². The van der Waals surface area contributed by atoms with E-state index in [-0.39, 0.29) is 11.2 Å². The van der Waals surface area contributed by atoms with Crippen LogP contribution in [0.25, 0.3) is 0 Å². The van der Waals surface area contributed by atoms with E-state index in [0.29, 0.717) is 12.8 Å². The fraction of sp³-hybridized carbons (Fsp3) is 0.700. The van der Waals surface area contributed by atoms with Crippen LogP contribution in [0.5, 0.6) is 0 Å². The number of rotatable bonds is 2. The molecule has 1 heteroatoms. The second-order valence-corrected chi connectivity index (χ2v) is 3.75. The number of ketones is 1. The molecule has 0 radical (unpaired) electrons. The van der Waals surface area contributed by atoms with Gasteiger partial charge in [-0.1, -0.05) is 5.92 Å². The first-order valence-electron chi connectivity index (χ1n) is 3.91. The van der Waals surface area contributed by atoms with Crippen molar-refractivity contribution >= 4 is 5.78 Å². The molecular formula is C10H16O. The summed E-state index contributed by atoms with van der Waals surface area (Å²) in [5.41, 5.74) is 0.0663. The molecule has 0 aromatic heterocycles. The molecule has 0 unspecified atom stereocenters. The minimum atomic E-state index is 0.0663. The highest BCUT2D eigenvalue weighted by molar-refractivity contribution is 5.75. The van der Waals surface area contributed by atoms with Crippen LogP contribution in [-0.2, 0) is 4.79 Å². The van der Waals surface area contributed by atoms with Gasteiger partial charge in [0, 0.05) is 18.3 Å². The molecule has 0 saturated heterocycles. The van der Waals surface area contributed by atoms with Crippen molar-refractivity contribution < 1.29 is 4.79 Å². The Balaban J connectivity index is 3.66. The van der Waals surface area contributed by atoms with Crippen LogP contribution in [0.4, 0.5) is 0 Å². The van der Waals surface area contributed by atoms with E-state index in [4.69, 9.17) is 0 Å². The Morgan fingerprint density at radius 1 is 1.36 bits per heavy atom. The van der Waals surface area contributed by atoms with Gasteiger partial charge in [0.15, 0.2) is 0 Å². The predicted octanol–water partition coefficient (Wildman–Crippen LogP) is 2.41.